The van der Waals surface area contributed by atoms with Crippen LogP contribution in [0.5, 0.6) is 11.5 Å². The predicted molar refractivity (Wildman–Crippen MR) is 93.6 cm³/mol. The number of hydrogen-bond acceptors (Lipinski definition) is 8. The Hall–Kier alpha value is -2.83. The molecule has 0 aliphatic carbocycles. The molecule has 2 rings (SSSR count). The molecule has 0 radical (unpaired) electrons. The van der Waals surface area contributed by atoms with Crippen LogP contribution in [0.15, 0.2) is 29.4 Å². The molecule has 1 heterocycles. The lowest BCUT2D eigenvalue weighted by atomic mass is 10.3. The number of halogens is 3. The van der Waals surface area contributed by atoms with Gasteiger partial charge in [-0.2, -0.15) is 13.2 Å². The molecule has 154 valence electrons. The van der Waals surface area contributed by atoms with Crippen LogP contribution in [0.1, 0.15) is 5.82 Å². The van der Waals surface area contributed by atoms with Crippen LogP contribution in [0.4, 0.5) is 18.0 Å². The number of benzene rings is 1. The van der Waals surface area contributed by atoms with Gasteiger partial charge in [0.05, 0.1) is 7.11 Å². The van der Waals surface area contributed by atoms with E-state index < -0.39 is 18.9 Å². The van der Waals surface area contributed by atoms with E-state index >= 15 is 0 Å². The number of ether oxygens (including phenoxy) is 3. The van der Waals surface area contributed by atoms with Gasteiger partial charge in [-0.3, -0.25) is 0 Å². The summed E-state index contributed by atoms with van der Waals surface area (Å²) in [5, 5.41) is 10.4. The van der Waals surface area contributed by atoms with Gasteiger partial charge < -0.3 is 25.4 Å². The van der Waals surface area contributed by atoms with Crippen molar-refractivity contribution < 1.29 is 32.2 Å². The Labute approximate surface area is 162 Å². The fourth-order valence-corrected chi connectivity index (χ4v) is 2.57. The summed E-state index contributed by atoms with van der Waals surface area (Å²) >= 11 is 1.16. The maximum absolute atomic E-state index is 11.9. The summed E-state index contributed by atoms with van der Waals surface area (Å²) in [6.07, 6.45) is -5.72. The fraction of sp³-hybridized carbons (Fsp3) is 0.400. The number of carbonyl (C=O) groups excluding carboxylic acids is 1. The third-order valence-corrected chi connectivity index (χ3v) is 4.06. The number of aromatic nitrogens is 3. The Morgan fingerprint density at radius 1 is 1.32 bits per heavy atom. The first-order valence-corrected chi connectivity index (χ1v) is 8.83. The van der Waals surface area contributed by atoms with E-state index in [0.29, 0.717) is 28.2 Å². The molecule has 0 unspecified atom stereocenters. The molecule has 0 saturated heterocycles. The Morgan fingerprint density at radius 2 is 2.07 bits per heavy atom. The summed E-state index contributed by atoms with van der Waals surface area (Å²) in [5.41, 5.74) is 0. The molecule has 9 nitrogen and oxygen atoms in total. The van der Waals surface area contributed by atoms with E-state index in [2.05, 4.69) is 20.3 Å². The Bertz CT molecular complexity index is 787. The average Bonchev–Trinajstić information content (AvgIpc) is 3.01. The topological polar surface area (TPSA) is 114 Å². The number of nitrogens with zero attached hydrogens (tertiary/aromatic N) is 3. The smallest absolute Gasteiger partial charge is 0.422 e. The van der Waals surface area contributed by atoms with Crippen LogP contribution in [-0.4, -0.2) is 53.2 Å². The van der Waals surface area contributed by atoms with Crippen molar-refractivity contribution in [3.05, 3.63) is 30.1 Å². The molecule has 3 N–H and O–H groups in total. The van der Waals surface area contributed by atoms with Gasteiger partial charge in [-0.05, 0) is 12.1 Å². The molecule has 0 aliphatic heterocycles. The molecule has 1 amide bonds. The summed E-state index contributed by atoms with van der Waals surface area (Å²) in [4.78, 5) is 11.1. The highest BCUT2D eigenvalue weighted by molar-refractivity contribution is 7.99. The Kier molecular flexibility index (Phi) is 7.61. The minimum Gasteiger partial charge on any atom is -0.497 e. The molecule has 0 atom stereocenters. The van der Waals surface area contributed by atoms with Crippen molar-refractivity contribution in [2.45, 2.75) is 17.9 Å². The predicted octanol–water partition coefficient (Wildman–Crippen LogP) is 1.96. The van der Waals surface area contributed by atoms with Crippen LogP contribution in [0.3, 0.4) is 0 Å². The van der Waals surface area contributed by atoms with Gasteiger partial charge in [0.15, 0.2) is 12.4 Å². The van der Waals surface area contributed by atoms with Gasteiger partial charge in [-0.1, -0.05) is 17.8 Å². The second kappa shape index (κ2) is 9.92. The van der Waals surface area contributed by atoms with Gasteiger partial charge >= 0.3 is 12.3 Å². The van der Waals surface area contributed by atoms with Gasteiger partial charge in [0, 0.05) is 18.4 Å². The molecular formula is C15H18F3N5O4S. The number of hydrogen-bond donors (Lipinski definition) is 2. The van der Waals surface area contributed by atoms with Gasteiger partial charge in [0.2, 0.25) is 5.16 Å². The molecule has 2 aromatic rings. The van der Waals surface area contributed by atoms with Crippen molar-refractivity contribution in [2.75, 3.05) is 31.9 Å². The molecule has 0 saturated carbocycles. The van der Waals surface area contributed by atoms with Crippen molar-refractivity contribution in [1.82, 2.24) is 20.2 Å². The first kappa shape index (κ1) is 21.5. The van der Waals surface area contributed by atoms with E-state index in [1.807, 2.05) is 0 Å². The lowest BCUT2D eigenvalue weighted by Gasteiger charge is -2.09. The minimum absolute atomic E-state index is 0.0594. The first-order valence-electron chi connectivity index (χ1n) is 7.85. The van der Waals surface area contributed by atoms with E-state index in [1.54, 1.807) is 31.4 Å². The SMILES string of the molecule is COc1cccc(OCc2nnc(SCCNC(=O)OCC(F)(F)F)n2N)c1. The summed E-state index contributed by atoms with van der Waals surface area (Å²) in [5.74, 6) is 7.76. The quantitative estimate of drug-likeness (QED) is 0.359. The maximum atomic E-state index is 11.9. The standard InChI is InChI=1S/C15H18F3N5O4S/c1-25-10-3-2-4-11(7-10)26-8-12-21-22-13(23(12)19)28-6-5-20-14(24)27-9-15(16,17)18/h2-4,7H,5-6,8-9,19H2,1H3,(H,20,24). The number of alkyl carbamates (subject to hydrolysis) is 1. The molecule has 0 aliphatic rings. The number of nitrogens with one attached hydrogen (secondary N) is 1. The highest BCUT2D eigenvalue weighted by Gasteiger charge is 2.29. The van der Waals surface area contributed by atoms with Crippen LogP contribution in [0, 0.1) is 0 Å². The molecule has 0 bridgehead atoms. The van der Waals surface area contributed by atoms with Gasteiger partial charge in [-0.15, -0.1) is 10.2 Å². The number of nitrogens with two attached hydrogens (primary N) is 1. The van der Waals surface area contributed by atoms with Crippen LogP contribution in [0.25, 0.3) is 0 Å². The Morgan fingerprint density at radius 3 is 2.79 bits per heavy atom. The summed E-state index contributed by atoms with van der Waals surface area (Å²) in [6, 6.07) is 7.00. The van der Waals surface area contributed by atoms with Crippen LogP contribution in [-0.2, 0) is 11.3 Å². The molecular weight excluding hydrogens is 403 g/mol. The zero-order chi connectivity index (χ0) is 20.6. The average molecular weight is 421 g/mol. The molecule has 1 aromatic heterocycles. The first-order chi connectivity index (χ1) is 13.3. The van der Waals surface area contributed by atoms with Crippen molar-refractivity contribution in [3.8, 4) is 11.5 Å². The second-order valence-corrected chi connectivity index (χ2v) is 6.27. The number of alkyl halides is 3. The van der Waals surface area contributed by atoms with Crippen LogP contribution < -0.4 is 20.6 Å². The van der Waals surface area contributed by atoms with Crippen molar-refractivity contribution in [1.29, 1.82) is 0 Å². The summed E-state index contributed by atoms with van der Waals surface area (Å²) in [7, 11) is 1.55. The Balaban J connectivity index is 1.74. The summed E-state index contributed by atoms with van der Waals surface area (Å²) < 4.78 is 51.7. The number of thioether (sulfide) groups is 1. The molecule has 0 spiro atoms. The normalized spacial score (nSPS) is 11.1. The van der Waals surface area contributed by atoms with Crippen molar-refractivity contribution >= 4 is 17.9 Å². The van der Waals surface area contributed by atoms with E-state index in [-0.39, 0.29) is 13.2 Å². The molecule has 13 heteroatoms. The van der Waals surface area contributed by atoms with Gasteiger partial charge in [0.25, 0.3) is 0 Å². The lowest BCUT2D eigenvalue weighted by molar-refractivity contribution is -0.160. The lowest BCUT2D eigenvalue weighted by Crippen LogP contribution is -2.30. The maximum Gasteiger partial charge on any atom is 0.422 e. The van der Waals surface area contributed by atoms with Crippen molar-refractivity contribution in [3.63, 3.8) is 0 Å². The van der Waals surface area contributed by atoms with Crippen molar-refractivity contribution in [2.24, 2.45) is 0 Å². The molecule has 1 aromatic carbocycles. The minimum atomic E-state index is -4.56. The molecule has 28 heavy (non-hydrogen) atoms. The fourth-order valence-electron chi connectivity index (χ4n) is 1.84. The number of amides is 1. The summed E-state index contributed by atoms with van der Waals surface area (Å²) in [6.45, 7) is -1.51. The number of rotatable bonds is 9. The zero-order valence-corrected chi connectivity index (χ0v) is 15.5. The third-order valence-electron chi connectivity index (χ3n) is 3.11. The van der Waals surface area contributed by atoms with Crippen LogP contribution >= 0.6 is 11.8 Å². The van der Waals surface area contributed by atoms with Gasteiger partial charge in [0.1, 0.15) is 18.1 Å². The van der Waals surface area contributed by atoms with E-state index in [0.717, 1.165) is 11.8 Å². The monoisotopic (exact) mass is 421 g/mol. The highest BCUT2D eigenvalue weighted by Crippen LogP contribution is 2.20. The van der Waals surface area contributed by atoms with Crippen LogP contribution in [0.2, 0.25) is 0 Å². The number of nitrogen functional groups attached to an aromatic ring is 1. The van der Waals surface area contributed by atoms with E-state index in [4.69, 9.17) is 15.3 Å². The van der Waals surface area contributed by atoms with E-state index in [9.17, 15) is 18.0 Å². The highest BCUT2D eigenvalue weighted by atomic mass is 32.2. The van der Waals surface area contributed by atoms with Gasteiger partial charge in [-0.25, -0.2) is 9.47 Å². The second-order valence-electron chi connectivity index (χ2n) is 5.20. The zero-order valence-electron chi connectivity index (χ0n) is 14.7. The third kappa shape index (κ3) is 7.06. The van der Waals surface area contributed by atoms with E-state index in [1.165, 1.54) is 4.68 Å². The number of carbonyl (C=O) groups is 1. The number of methoxy groups -OCH3 is 1. The largest absolute Gasteiger partial charge is 0.497 e. The molecule has 0 fully saturated rings.